The fourth-order valence-electron chi connectivity index (χ4n) is 1.74. The first-order chi connectivity index (χ1) is 12.6. The van der Waals surface area contributed by atoms with Gasteiger partial charge in [0, 0.05) is 29.2 Å². The van der Waals surface area contributed by atoms with Crippen LogP contribution in [0.5, 0.6) is 0 Å². The Morgan fingerprint density at radius 3 is 2.27 bits per heavy atom. The Morgan fingerprint density at radius 2 is 1.85 bits per heavy atom. The molecule has 0 saturated heterocycles. The van der Waals surface area contributed by atoms with E-state index in [0.717, 1.165) is 23.0 Å². The van der Waals surface area contributed by atoms with Crippen molar-refractivity contribution in [3.8, 4) is 12.5 Å². The molecule has 1 aromatic heterocycles. The van der Waals surface area contributed by atoms with Gasteiger partial charge in [-0.05, 0) is 38.1 Å². The highest BCUT2D eigenvalue weighted by Crippen LogP contribution is 2.18. The van der Waals surface area contributed by atoms with Crippen molar-refractivity contribution >= 4 is 16.7 Å². The topological polar surface area (TPSA) is 99.8 Å². The molecule has 6 nitrogen and oxygen atoms in total. The Kier molecular flexibility index (Phi) is 21.3. The second kappa shape index (κ2) is 20.0. The minimum absolute atomic E-state index is 0.0775. The number of benzene rings is 1. The van der Waals surface area contributed by atoms with Gasteiger partial charge in [0.05, 0.1) is 0 Å². The van der Waals surface area contributed by atoms with Crippen LogP contribution >= 0.6 is 0 Å². The van der Waals surface area contributed by atoms with Gasteiger partial charge in [-0.2, -0.15) is 0 Å². The fraction of sp³-hybridized carbons (Fsp3) is 0.350. The van der Waals surface area contributed by atoms with Crippen molar-refractivity contribution in [3.05, 3.63) is 48.7 Å². The minimum Gasteiger partial charge on any atom is -0.462 e. The quantitative estimate of drug-likeness (QED) is 0.125. The van der Waals surface area contributed by atoms with Crippen LogP contribution in [0.1, 0.15) is 47.1 Å². The summed E-state index contributed by atoms with van der Waals surface area (Å²) in [5, 5.41) is 22.4. The molecular weight excluding hydrogens is 326 g/mol. The predicted molar refractivity (Wildman–Crippen MR) is 113 cm³/mol. The molecule has 0 fully saturated rings. The Bertz CT molecular complexity index is 681. The van der Waals surface area contributed by atoms with Gasteiger partial charge in [0.2, 0.25) is 0 Å². The first-order valence-corrected chi connectivity index (χ1v) is 8.54. The van der Waals surface area contributed by atoms with E-state index in [0.29, 0.717) is 0 Å². The summed E-state index contributed by atoms with van der Waals surface area (Å²) in [6.45, 7) is 16.3. The number of rotatable bonds is 2. The smallest absolute Gasteiger partial charge is 0.176 e. The zero-order valence-electron chi connectivity index (χ0n) is 16.8. The Morgan fingerprint density at radius 1 is 1.35 bits per heavy atom. The average Bonchev–Trinajstić information content (AvgIpc) is 3.09. The standard InChI is InChI=1S/C11H13N5.C3H6.C2H2O.2C2H6/c1-2-16-6-5-8-7-9(3-4-10(8)16)11(12)14-15-13;1-3-2;1-2-3;2*1-2/h3-7H,2H2,1H3,(H3,12,13,14);3H,1H2,2H3;1,3H;2*1-2H3. The van der Waals surface area contributed by atoms with Crippen LogP contribution in [0.25, 0.3) is 10.9 Å². The zero-order valence-corrected chi connectivity index (χ0v) is 16.8. The third kappa shape index (κ3) is 10.7. The average molecular weight is 360 g/mol. The van der Waals surface area contributed by atoms with Gasteiger partial charge in [0.15, 0.2) is 5.84 Å². The highest BCUT2D eigenvalue weighted by Gasteiger charge is 2.04. The van der Waals surface area contributed by atoms with Crippen LogP contribution in [0.15, 0.2) is 53.5 Å². The molecule has 2 aromatic rings. The molecule has 0 spiro atoms. The van der Waals surface area contributed by atoms with Gasteiger partial charge >= 0.3 is 0 Å². The van der Waals surface area contributed by atoms with E-state index in [-0.39, 0.29) is 5.84 Å². The van der Waals surface area contributed by atoms with Gasteiger partial charge in [-0.3, -0.25) is 5.41 Å². The normalized spacial score (nSPS) is 8.19. The maximum absolute atomic E-state index is 7.61. The predicted octanol–water partition coefficient (Wildman–Crippen LogP) is 5.51. The summed E-state index contributed by atoms with van der Waals surface area (Å²) in [5.74, 6) is 5.00. The van der Waals surface area contributed by atoms with Gasteiger partial charge in [-0.25, -0.2) is 0 Å². The number of allylic oxidation sites excluding steroid dienone is 1. The van der Waals surface area contributed by atoms with Gasteiger partial charge in [-0.15, -0.1) is 11.7 Å². The molecule has 26 heavy (non-hydrogen) atoms. The van der Waals surface area contributed by atoms with E-state index >= 15 is 0 Å². The van der Waals surface area contributed by atoms with E-state index in [2.05, 4.69) is 34.8 Å². The highest BCUT2D eigenvalue weighted by molar-refractivity contribution is 6.00. The lowest BCUT2D eigenvalue weighted by Crippen LogP contribution is -1.96. The molecule has 0 unspecified atom stereocenters. The van der Waals surface area contributed by atoms with Crippen molar-refractivity contribution in [1.82, 2.24) is 4.57 Å². The van der Waals surface area contributed by atoms with Crippen molar-refractivity contribution < 1.29 is 5.11 Å². The largest absolute Gasteiger partial charge is 0.462 e. The lowest BCUT2D eigenvalue weighted by Gasteiger charge is -2.01. The summed E-state index contributed by atoms with van der Waals surface area (Å²) in [4.78, 5) is 0. The van der Waals surface area contributed by atoms with Crippen LogP contribution < -0.4 is 5.84 Å². The van der Waals surface area contributed by atoms with Crippen LogP contribution in [-0.2, 0) is 6.54 Å². The van der Waals surface area contributed by atoms with Crippen molar-refractivity contribution in [2.45, 2.75) is 48.1 Å². The van der Waals surface area contributed by atoms with E-state index in [1.807, 2.05) is 65.1 Å². The summed E-state index contributed by atoms with van der Waals surface area (Å²) in [6.07, 6.45) is 9.18. The molecule has 0 aliphatic rings. The molecule has 4 N–H and O–H groups in total. The van der Waals surface area contributed by atoms with Crippen LogP contribution in [0.4, 0.5) is 0 Å². The molecule has 0 saturated carbocycles. The Hall–Kier alpha value is -3.07. The molecule has 0 radical (unpaired) electrons. The second-order valence-corrected chi connectivity index (χ2v) is 3.98. The number of aliphatic hydroxyl groups excluding tert-OH is 1. The van der Waals surface area contributed by atoms with Crippen LogP contribution in [0.2, 0.25) is 0 Å². The third-order valence-electron chi connectivity index (χ3n) is 2.54. The van der Waals surface area contributed by atoms with E-state index in [1.165, 1.54) is 6.11 Å². The first kappa shape index (κ1) is 27.8. The number of hydrogen-bond acceptors (Lipinski definition) is 3. The summed E-state index contributed by atoms with van der Waals surface area (Å²) in [6, 6.07) is 7.77. The molecule has 2 rings (SSSR count). The molecule has 0 amide bonds. The van der Waals surface area contributed by atoms with Crippen molar-refractivity contribution in [2.24, 2.45) is 16.2 Å². The summed E-state index contributed by atoms with van der Waals surface area (Å²) >= 11 is 0. The van der Waals surface area contributed by atoms with Crippen LogP contribution in [-0.4, -0.2) is 15.5 Å². The number of fused-ring (bicyclic) bond motifs is 1. The van der Waals surface area contributed by atoms with E-state index in [9.17, 15) is 0 Å². The monoisotopic (exact) mass is 359 g/mol. The molecule has 0 aliphatic carbocycles. The van der Waals surface area contributed by atoms with Gasteiger partial charge < -0.3 is 15.5 Å². The van der Waals surface area contributed by atoms with Crippen LogP contribution in [0, 0.1) is 17.9 Å². The number of terminal acetylenes is 1. The van der Waals surface area contributed by atoms with Crippen molar-refractivity contribution in [3.63, 3.8) is 0 Å². The number of hydrogen-bond donors (Lipinski definition) is 3. The summed E-state index contributed by atoms with van der Waals surface area (Å²) in [5.41, 5.74) is 1.87. The zero-order chi connectivity index (χ0) is 21.0. The fourth-order valence-corrected chi connectivity index (χ4v) is 1.74. The summed E-state index contributed by atoms with van der Waals surface area (Å²) in [7, 11) is 0. The number of amidine groups is 1. The molecule has 1 heterocycles. The lowest BCUT2D eigenvalue weighted by atomic mass is 10.1. The molecule has 1 aromatic carbocycles. The molecular formula is C20H33N5O. The van der Waals surface area contributed by atoms with Gasteiger partial charge in [0.1, 0.15) is 6.11 Å². The highest BCUT2D eigenvalue weighted by atomic mass is 16.2. The summed E-state index contributed by atoms with van der Waals surface area (Å²) < 4.78 is 2.15. The lowest BCUT2D eigenvalue weighted by molar-refractivity contribution is 0.518. The number of nitrogens with one attached hydrogen (secondary N) is 1. The van der Waals surface area contributed by atoms with E-state index in [4.69, 9.17) is 16.4 Å². The molecule has 6 heteroatoms. The third-order valence-corrected chi connectivity index (χ3v) is 2.54. The SMILES string of the molecule is C#CO.C=CC.CC.CC.CCn1ccc2cc(C(=N)N=NN)ccc21. The number of nitrogens with zero attached hydrogens (tertiary/aromatic N) is 3. The Balaban J connectivity index is -0.000000450. The van der Waals surface area contributed by atoms with Crippen molar-refractivity contribution in [2.75, 3.05) is 0 Å². The number of nitrogens with two attached hydrogens (primary N) is 1. The second-order valence-electron chi connectivity index (χ2n) is 3.98. The maximum Gasteiger partial charge on any atom is 0.176 e. The van der Waals surface area contributed by atoms with Gasteiger partial charge in [0.25, 0.3) is 0 Å². The molecule has 0 bridgehead atoms. The number of aliphatic hydroxyl groups is 1. The van der Waals surface area contributed by atoms with E-state index in [1.54, 1.807) is 6.08 Å². The van der Waals surface area contributed by atoms with Gasteiger partial charge in [-0.1, -0.05) is 45.4 Å². The molecule has 0 atom stereocenters. The number of aromatic nitrogens is 1. The van der Waals surface area contributed by atoms with E-state index < -0.39 is 0 Å². The Labute approximate surface area is 157 Å². The minimum atomic E-state index is 0.0775. The number of aryl methyl sites for hydroxylation is 1. The van der Waals surface area contributed by atoms with Crippen molar-refractivity contribution in [1.29, 1.82) is 5.41 Å². The molecule has 0 aliphatic heterocycles. The first-order valence-electron chi connectivity index (χ1n) is 8.54. The maximum atomic E-state index is 7.61. The van der Waals surface area contributed by atoms with Crippen LogP contribution in [0.3, 0.4) is 0 Å². The molecule has 144 valence electrons.